The Labute approximate surface area is 103 Å². The molecular weight excluding hydrogens is 214 g/mol. The molecule has 0 spiro atoms. The van der Waals surface area contributed by atoms with Crippen molar-refractivity contribution in [3.63, 3.8) is 0 Å². The lowest BCUT2D eigenvalue weighted by Gasteiger charge is -2.14. The number of hydrogen-bond donors (Lipinski definition) is 2. The van der Waals surface area contributed by atoms with E-state index in [1.165, 1.54) is 5.56 Å². The predicted octanol–water partition coefficient (Wildman–Crippen LogP) is 1.05. The first kappa shape index (κ1) is 12.6. The smallest absolute Gasteiger partial charge is 0.0938 e. The van der Waals surface area contributed by atoms with E-state index in [-0.39, 0.29) is 0 Å². The second-order valence-electron chi connectivity index (χ2n) is 4.84. The highest BCUT2D eigenvalue weighted by Crippen LogP contribution is 2.11. The van der Waals surface area contributed by atoms with Gasteiger partial charge in [0.25, 0.3) is 0 Å². The minimum absolute atomic E-state index is 0.552. The Morgan fingerprint density at radius 3 is 2.29 bits per heavy atom. The van der Waals surface area contributed by atoms with Crippen LogP contribution in [0.15, 0.2) is 30.3 Å². The molecule has 0 unspecified atom stereocenters. The van der Waals surface area contributed by atoms with Crippen LogP contribution in [-0.4, -0.2) is 47.0 Å². The average Bonchev–Trinajstić information content (AvgIpc) is 2.66. The molecule has 0 radical (unpaired) electrons. The Morgan fingerprint density at radius 1 is 1.00 bits per heavy atom. The van der Waals surface area contributed by atoms with Gasteiger partial charge in [-0.1, -0.05) is 30.3 Å². The molecule has 1 heterocycles. The van der Waals surface area contributed by atoms with Crippen LogP contribution in [0.4, 0.5) is 0 Å². The molecule has 0 amide bonds. The van der Waals surface area contributed by atoms with Crippen molar-refractivity contribution in [3.8, 4) is 0 Å². The van der Waals surface area contributed by atoms with Crippen LogP contribution in [0.3, 0.4) is 0 Å². The number of unbranched alkanes of at least 4 members (excludes halogenated alkanes) is 1. The van der Waals surface area contributed by atoms with E-state index in [0.717, 1.165) is 25.8 Å². The topological polar surface area (TPSA) is 43.7 Å². The van der Waals surface area contributed by atoms with Gasteiger partial charge in [0.15, 0.2) is 0 Å². The van der Waals surface area contributed by atoms with Gasteiger partial charge in [0, 0.05) is 13.1 Å². The fourth-order valence-electron chi connectivity index (χ4n) is 2.34. The van der Waals surface area contributed by atoms with Crippen molar-refractivity contribution in [1.29, 1.82) is 0 Å². The van der Waals surface area contributed by atoms with Crippen LogP contribution < -0.4 is 0 Å². The molecule has 2 rings (SSSR count). The van der Waals surface area contributed by atoms with Crippen molar-refractivity contribution in [2.24, 2.45) is 0 Å². The summed E-state index contributed by atoms with van der Waals surface area (Å²) in [5.41, 5.74) is 1.38. The Kier molecular flexibility index (Phi) is 4.54. The first-order valence-electron chi connectivity index (χ1n) is 6.38. The fraction of sp³-hybridized carbons (Fsp3) is 0.571. The van der Waals surface area contributed by atoms with Crippen LogP contribution in [0.5, 0.6) is 0 Å². The summed E-state index contributed by atoms with van der Waals surface area (Å²) in [7, 11) is 0. The molecule has 1 aromatic rings. The van der Waals surface area contributed by atoms with E-state index >= 15 is 0 Å². The van der Waals surface area contributed by atoms with Crippen LogP contribution in [-0.2, 0) is 6.42 Å². The largest absolute Gasteiger partial charge is 0.389 e. The fourth-order valence-corrected chi connectivity index (χ4v) is 2.34. The maximum atomic E-state index is 9.41. The van der Waals surface area contributed by atoms with E-state index < -0.39 is 12.2 Å². The van der Waals surface area contributed by atoms with Crippen LogP contribution in [0.1, 0.15) is 18.4 Å². The zero-order chi connectivity index (χ0) is 12.1. The van der Waals surface area contributed by atoms with Crippen LogP contribution in [0.25, 0.3) is 0 Å². The van der Waals surface area contributed by atoms with Crippen LogP contribution >= 0.6 is 0 Å². The van der Waals surface area contributed by atoms with Crippen LogP contribution in [0.2, 0.25) is 0 Å². The van der Waals surface area contributed by atoms with Gasteiger partial charge < -0.3 is 10.2 Å². The number of benzene rings is 1. The summed E-state index contributed by atoms with van der Waals surface area (Å²) >= 11 is 0. The third kappa shape index (κ3) is 3.80. The summed E-state index contributed by atoms with van der Waals surface area (Å²) in [4.78, 5) is 2.14. The molecule has 1 aromatic carbocycles. The molecule has 94 valence electrons. The number of aliphatic hydroxyl groups excluding tert-OH is 2. The summed E-state index contributed by atoms with van der Waals surface area (Å²) < 4.78 is 0. The SMILES string of the molecule is O[C@@H]1CN(CCCCc2ccccc2)C[C@@H]1O. The van der Waals surface area contributed by atoms with Gasteiger partial charge in [-0.2, -0.15) is 0 Å². The first-order valence-corrected chi connectivity index (χ1v) is 6.38. The van der Waals surface area contributed by atoms with Gasteiger partial charge in [0.05, 0.1) is 12.2 Å². The minimum atomic E-state index is -0.552. The number of β-amino-alcohol motifs (C(OH)–C–C–N with tert-alkyl or cyclic N) is 2. The number of rotatable bonds is 5. The summed E-state index contributed by atoms with van der Waals surface area (Å²) in [5, 5.41) is 18.8. The number of aliphatic hydroxyl groups is 2. The van der Waals surface area contributed by atoms with Crippen molar-refractivity contribution < 1.29 is 10.2 Å². The minimum Gasteiger partial charge on any atom is -0.389 e. The Hall–Kier alpha value is -0.900. The number of nitrogens with zero attached hydrogens (tertiary/aromatic N) is 1. The highest BCUT2D eigenvalue weighted by molar-refractivity contribution is 5.14. The van der Waals surface area contributed by atoms with Crippen molar-refractivity contribution in [2.45, 2.75) is 31.5 Å². The second kappa shape index (κ2) is 6.15. The Bertz CT molecular complexity index is 318. The summed E-state index contributed by atoms with van der Waals surface area (Å²) in [6.45, 7) is 2.21. The molecule has 2 atom stereocenters. The van der Waals surface area contributed by atoms with Gasteiger partial charge in [0.1, 0.15) is 0 Å². The molecule has 1 aliphatic rings. The standard InChI is InChI=1S/C14H21NO2/c16-13-10-15(11-14(13)17)9-5-4-8-12-6-2-1-3-7-12/h1-3,6-7,13-14,16-17H,4-5,8-11H2/t13-,14+. The lowest BCUT2D eigenvalue weighted by atomic mass is 10.1. The van der Waals surface area contributed by atoms with Gasteiger partial charge in [-0.25, -0.2) is 0 Å². The lowest BCUT2D eigenvalue weighted by molar-refractivity contribution is 0.0572. The molecule has 1 saturated heterocycles. The molecule has 17 heavy (non-hydrogen) atoms. The van der Waals surface area contributed by atoms with E-state index in [1.807, 2.05) is 6.07 Å². The molecule has 0 saturated carbocycles. The van der Waals surface area contributed by atoms with E-state index in [0.29, 0.717) is 13.1 Å². The third-order valence-corrected chi connectivity index (χ3v) is 3.37. The molecule has 0 aromatic heterocycles. The van der Waals surface area contributed by atoms with E-state index in [2.05, 4.69) is 29.2 Å². The van der Waals surface area contributed by atoms with Gasteiger partial charge >= 0.3 is 0 Å². The highest BCUT2D eigenvalue weighted by atomic mass is 16.3. The average molecular weight is 235 g/mol. The zero-order valence-corrected chi connectivity index (χ0v) is 10.1. The zero-order valence-electron chi connectivity index (χ0n) is 10.1. The second-order valence-corrected chi connectivity index (χ2v) is 4.84. The first-order chi connectivity index (χ1) is 8.25. The molecular formula is C14H21NO2. The maximum Gasteiger partial charge on any atom is 0.0938 e. The number of aryl methyl sites for hydroxylation is 1. The summed E-state index contributed by atoms with van der Waals surface area (Å²) in [6.07, 6.45) is 2.29. The monoisotopic (exact) mass is 235 g/mol. The molecule has 0 aliphatic carbocycles. The number of hydrogen-bond acceptors (Lipinski definition) is 3. The predicted molar refractivity (Wildman–Crippen MR) is 67.8 cm³/mol. The maximum absolute atomic E-state index is 9.41. The van der Waals surface area contributed by atoms with Crippen molar-refractivity contribution in [2.75, 3.05) is 19.6 Å². The summed E-state index contributed by atoms with van der Waals surface area (Å²) in [6, 6.07) is 10.5. The summed E-state index contributed by atoms with van der Waals surface area (Å²) in [5.74, 6) is 0. The van der Waals surface area contributed by atoms with Crippen molar-refractivity contribution in [1.82, 2.24) is 4.90 Å². The third-order valence-electron chi connectivity index (χ3n) is 3.37. The highest BCUT2D eigenvalue weighted by Gasteiger charge is 2.28. The van der Waals surface area contributed by atoms with E-state index in [1.54, 1.807) is 0 Å². The normalized spacial score (nSPS) is 25.3. The van der Waals surface area contributed by atoms with Gasteiger partial charge in [-0.05, 0) is 31.4 Å². The van der Waals surface area contributed by atoms with Crippen LogP contribution in [0, 0.1) is 0 Å². The van der Waals surface area contributed by atoms with Gasteiger partial charge in [-0.15, -0.1) is 0 Å². The van der Waals surface area contributed by atoms with E-state index in [4.69, 9.17) is 0 Å². The Morgan fingerprint density at radius 2 is 1.65 bits per heavy atom. The van der Waals surface area contributed by atoms with Crippen molar-refractivity contribution >= 4 is 0 Å². The van der Waals surface area contributed by atoms with Crippen molar-refractivity contribution in [3.05, 3.63) is 35.9 Å². The molecule has 3 heteroatoms. The molecule has 1 aliphatic heterocycles. The quantitative estimate of drug-likeness (QED) is 0.750. The number of likely N-dealkylation sites (tertiary alicyclic amines) is 1. The molecule has 3 nitrogen and oxygen atoms in total. The van der Waals surface area contributed by atoms with E-state index in [9.17, 15) is 10.2 Å². The lowest BCUT2D eigenvalue weighted by Crippen LogP contribution is -2.23. The van der Waals surface area contributed by atoms with Gasteiger partial charge in [-0.3, -0.25) is 4.90 Å². The molecule has 2 N–H and O–H groups in total. The molecule has 1 fully saturated rings. The molecule has 0 bridgehead atoms. The van der Waals surface area contributed by atoms with Gasteiger partial charge in [0.2, 0.25) is 0 Å². The Balaban J connectivity index is 1.61.